The van der Waals surface area contributed by atoms with Gasteiger partial charge in [-0.25, -0.2) is 0 Å². The molecule has 2 aromatic rings. The number of ether oxygens (including phenoxy) is 2. The summed E-state index contributed by atoms with van der Waals surface area (Å²) in [4.78, 5) is 13.3. The Hall–Kier alpha value is -1.79. The van der Waals surface area contributed by atoms with Crippen molar-refractivity contribution in [2.45, 2.75) is 10.6 Å². The van der Waals surface area contributed by atoms with Crippen LogP contribution in [0.5, 0.6) is 11.5 Å². The number of hydrogen-bond acceptors (Lipinski definition) is 5. The van der Waals surface area contributed by atoms with Crippen LogP contribution in [0.2, 0.25) is 0 Å². The van der Waals surface area contributed by atoms with Crippen LogP contribution in [0.4, 0.5) is 5.69 Å². The number of methoxy groups -OCH3 is 2. The van der Waals surface area contributed by atoms with Crippen molar-refractivity contribution >= 4 is 35.1 Å². The summed E-state index contributed by atoms with van der Waals surface area (Å²) in [6.07, 6.45) is 2.06. The Labute approximate surface area is 151 Å². The lowest BCUT2D eigenvalue weighted by Gasteiger charge is -2.10. The second-order valence-electron chi connectivity index (χ2n) is 4.96. The Kier molecular flexibility index (Phi) is 7.34. The van der Waals surface area contributed by atoms with Crippen molar-refractivity contribution in [3.63, 3.8) is 0 Å². The molecule has 0 saturated carbocycles. The minimum atomic E-state index is -0.0343. The minimum Gasteiger partial charge on any atom is -0.493 e. The molecule has 0 bridgehead atoms. The Balaban J connectivity index is 1.82. The second kappa shape index (κ2) is 9.49. The molecule has 0 saturated heterocycles. The minimum absolute atomic E-state index is 0.0343. The van der Waals surface area contributed by atoms with Gasteiger partial charge in [0.2, 0.25) is 5.91 Å². The molecule has 0 radical (unpaired) electrons. The van der Waals surface area contributed by atoms with E-state index in [4.69, 9.17) is 9.47 Å². The van der Waals surface area contributed by atoms with Crippen LogP contribution in [-0.4, -0.2) is 32.1 Å². The highest BCUT2D eigenvalue weighted by Crippen LogP contribution is 2.29. The van der Waals surface area contributed by atoms with Gasteiger partial charge in [-0.15, -0.1) is 23.5 Å². The third-order valence-corrected chi connectivity index (χ3v) is 5.08. The van der Waals surface area contributed by atoms with E-state index in [1.165, 1.54) is 10.5 Å². The fourth-order valence-electron chi connectivity index (χ4n) is 2.09. The summed E-state index contributed by atoms with van der Waals surface area (Å²) >= 11 is 3.31. The average molecular weight is 364 g/mol. The number of anilines is 1. The van der Waals surface area contributed by atoms with Crippen LogP contribution < -0.4 is 14.8 Å². The molecule has 0 heterocycles. The van der Waals surface area contributed by atoms with E-state index in [0.717, 1.165) is 5.75 Å². The van der Waals surface area contributed by atoms with Crippen LogP contribution in [-0.2, 0) is 10.5 Å². The fourth-order valence-corrected chi connectivity index (χ4v) is 3.29. The van der Waals surface area contributed by atoms with Crippen molar-refractivity contribution < 1.29 is 14.3 Å². The van der Waals surface area contributed by atoms with Gasteiger partial charge in [0.05, 0.1) is 20.0 Å². The molecule has 128 valence electrons. The van der Waals surface area contributed by atoms with Gasteiger partial charge in [0.1, 0.15) is 0 Å². The topological polar surface area (TPSA) is 47.6 Å². The normalized spacial score (nSPS) is 10.3. The largest absolute Gasteiger partial charge is 0.493 e. The third-order valence-electron chi connectivity index (χ3n) is 3.33. The SMILES string of the molecule is COc1ccc(NC(=O)CSCc2ccc(SC)cc2)cc1OC. The molecule has 0 aliphatic rings. The summed E-state index contributed by atoms with van der Waals surface area (Å²) in [6.45, 7) is 0. The first-order valence-electron chi connectivity index (χ1n) is 7.39. The zero-order valence-electron chi connectivity index (χ0n) is 14.0. The number of benzene rings is 2. The zero-order valence-corrected chi connectivity index (χ0v) is 15.6. The lowest BCUT2D eigenvalue weighted by Crippen LogP contribution is -2.14. The van der Waals surface area contributed by atoms with E-state index >= 15 is 0 Å². The number of nitrogens with one attached hydrogen (secondary N) is 1. The molecule has 24 heavy (non-hydrogen) atoms. The summed E-state index contributed by atoms with van der Waals surface area (Å²) in [5.74, 6) is 2.41. The highest BCUT2D eigenvalue weighted by molar-refractivity contribution is 7.99. The molecule has 0 aliphatic heterocycles. The second-order valence-corrected chi connectivity index (χ2v) is 6.82. The first-order valence-corrected chi connectivity index (χ1v) is 9.76. The van der Waals surface area contributed by atoms with Crippen molar-refractivity contribution in [2.75, 3.05) is 31.5 Å². The van der Waals surface area contributed by atoms with Gasteiger partial charge in [-0.05, 0) is 36.1 Å². The van der Waals surface area contributed by atoms with Gasteiger partial charge < -0.3 is 14.8 Å². The van der Waals surface area contributed by atoms with Gasteiger partial charge >= 0.3 is 0 Å². The maximum Gasteiger partial charge on any atom is 0.234 e. The van der Waals surface area contributed by atoms with Gasteiger partial charge in [-0.1, -0.05) is 12.1 Å². The third kappa shape index (κ3) is 5.39. The van der Waals surface area contributed by atoms with E-state index in [1.807, 2.05) is 0 Å². The quantitative estimate of drug-likeness (QED) is 0.709. The molecule has 2 aromatic carbocycles. The van der Waals surface area contributed by atoms with Crippen molar-refractivity contribution in [3.05, 3.63) is 48.0 Å². The molecule has 0 spiro atoms. The number of hydrogen-bond donors (Lipinski definition) is 1. The summed E-state index contributed by atoms with van der Waals surface area (Å²) in [5.41, 5.74) is 1.92. The average Bonchev–Trinajstić information content (AvgIpc) is 2.62. The Morgan fingerprint density at radius 1 is 1.04 bits per heavy atom. The van der Waals surface area contributed by atoms with Crippen LogP contribution in [0.15, 0.2) is 47.4 Å². The van der Waals surface area contributed by atoms with Gasteiger partial charge in [0.15, 0.2) is 11.5 Å². The number of carbonyl (C=O) groups excluding carboxylic acids is 1. The molecule has 0 aromatic heterocycles. The van der Waals surface area contributed by atoms with Crippen LogP contribution in [0.1, 0.15) is 5.56 Å². The monoisotopic (exact) mass is 363 g/mol. The highest BCUT2D eigenvalue weighted by atomic mass is 32.2. The summed E-state index contributed by atoms with van der Waals surface area (Å²) in [6, 6.07) is 13.7. The number of thioether (sulfide) groups is 2. The smallest absolute Gasteiger partial charge is 0.234 e. The molecule has 2 rings (SSSR count). The number of rotatable bonds is 8. The molecule has 4 nitrogen and oxygen atoms in total. The Bertz CT molecular complexity index is 674. The van der Waals surface area contributed by atoms with E-state index < -0.39 is 0 Å². The van der Waals surface area contributed by atoms with Crippen LogP contribution in [0.25, 0.3) is 0 Å². The molecule has 0 aliphatic carbocycles. The molecule has 6 heteroatoms. The van der Waals surface area contributed by atoms with E-state index in [-0.39, 0.29) is 5.91 Å². The lowest BCUT2D eigenvalue weighted by atomic mass is 10.2. The Morgan fingerprint density at radius 3 is 2.38 bits per heavy atom. The highest BCUT2D eigenvalue weighted by Gasteiger charge is 2.07. The number of carbonyl (C=O) groups is 1. The van der Waals surface area contributed by atoms with Crippen molar-refractivity contribution in [1.29, 1.82) is 0 Å². The van der Waals surface area contributed by atoms with Gasteiger partial charge in [-0.2, -0.15) is 0 Å². The van der Waals surface area contributed by atoms with Crippen LogP contribution >= 0.6 is 23.5 Å². The van der Waals surface area contributed by atoms with E-state index in [9.17, 15) is 4.79 Å². The van der Waals surface area contributed by atoms with Crippen LogP contribution in [0, 0.1) is 0 Å². The first kappa shape index (κ1) is 18.5. The zero-order chi connectivity index (χ0) is 17.4. The fraction of sp³-hybridized carbons (Fsp3) is 0.278. The van der Waals surface area contributed by atoms with E-state index in [0.29, 0.717) is 22.9 Å². The summed E-state index contributed by atoms with van der Waals surface area (Å²) < 4.78 is 10.4. The van der Waals surface area contributed by atoms with Gasteiger partial charge in [-0.3, -0.25) is 4.79 Å². The molecule has 0 unspecified atom stereocenters. The van der Waals surface area contributed by atoms with Crippen molar-refractivity contribution in [3.8, 4) is 11.5 Å². The molecule has 0 fully saturated rings. The molecular weight excluding hydrogens is 342 g/mol. The molecular formula is C18H21NO3S2. The summed E-state index contributed by atoms with van der Waals surface area (Å²) in [7, 11) is 3.15. The molecule has 0 atom stereocenters. The van der Waals surface area contributed by atoms with Crippen molar-refractivity contribution in [2.24, 2.45) is 0 Å². The van der Waals surface area contributed by atoms with Gasteiger partial charge in [0.25, 0.3) is 0 Å². The lowest BCUT2D eigenvalue weighted by molar-refractivity contribution is -0.113. The summed E-state index contributed by atoms with van der Waals surface area (Å²) in [5, 5.41) is 2.87. The van der Waals surface area contributed by atoms with Crippen molar-refractivity contribution in [1.82, 2.24) is 0 Å². The van der Waals surface area contributed by atoms with Crippen LogP contribution in [0.3, 0.4) is 0 Å². The van der Waals surface area contributed by atoms with E-state index in [1.54, 1.807) is 55.9 Å². The number of amides is 1. The maximum absolute atomic E-state index is 12.0. The molecule has 1 amide bonds. The van der Waals surface area contributed by atoms with E-state index in [2.05, 4.69) is 35.8 Å². The predicted octanol–water partition coefficient (Wildman–Crippen LogP) is 4.30. The maximum atomic E-state index is 12.0. The first-order chi connectivity index (χ1) is 11.7. The Morgan fingerprint density at radius 2 is 1.75 bits per heavy atom. The predicted molar refractivity (Wildman–Crippen MR) is 103 cm³/mol. The standard InChI is InChI=1S/C18H21NO3S2/c1-21-16-9-6-14(10-17(16)22-2)19-18(20)12-24-11-13-4-7-15(23-3)8-5-13/h4-10H,11-12H2,1-3H3,(H,19,20). The molecule has 1 N–H and O–H groups in total. The van der Waals surface area contributed by atoms with Gasteiger partial charge in [0, 0.05) is 22.4 Å².